The van der Waals surface area contributed by atoms with E-state index in [1.54, 1.807) is 23.0 Å². The average molecular weight is 240 g/mol. The molecule has 1 aromatic carbocycles. The van der Waals surface area contributed by atoms with Crippen molar-refractivity contribution in [2.45, 2.75) is 13.5 Å². The maximum Gasteiger partial charge on any atom is 0.280 e. The first-order valence-corrected chi connectivity index (χ1v) is 5.84. The van der Waals surface area contributed by atoms with Crippen LogP contribution in [-0.4, -0.2) is 9.55 Å². The zero-order valence-electron chi connectivity index (χ0n) is 9.96. The van der Waals surface area contributed by atoms with Crippen molar-refractivity contribution in [3.8, 4) is 11.5 Å². The van der Waals surface area contributed by atoms with Crippen LogP contribution in [0.2, 0.25) is 0 Å². The van der Waals surface area contributed by atoms with Crippen LogP contribution in [0.25, 0.3) is 22.5 Å². The Labute approximate surface area is 104 Å². The number of hydrogen-bond donors (Lipinski definition) is 0. The highest BCUT2D eigenvalue weighted by Crippen LogP contribution is 2.17. The average Bonchev–Trinajstić information content (AvgIpc) is 2.92. The molecule has 4 heteroatoms. The molecule has 0 spiro atoms. The highest BCUT2D eigenvalue weighted by atomic mass is 16.3. The summed E-state index contributed by atoms with van der Waals surface area (Å²) in [6.45, 7) is 2.55. The Morgan fingerprint density at radius 3 is 2.78 bits per heavy atom. The minimum atomic E-state index is -0.119. The molecule has 0 N–H and O–H groups in total. The molecule has 0 saturated heterocycles. The number of fused-ring (bicyclic) bond motifs is 1. The minimum absolute atomic E-state index is 0.119. The molecule has 0 aliphatic rings. The standard InChI is InChI=1S/C14H12N2O2/c1-2-16-11-7-4-3-6-10(11)15-13(14(16)17)12-8-5-9-18-12/h3-9H,2H2,1H3. The SMILES string of the molecule is CCn1c(=O)c(-c2ccco2)nc2ccccc21. The molecule has 0 atom stereocenters. The van der Waals surface area contributed by atoms with Crippen LogP contribution in [0.15, 0.2) is 51.9 Å². The van der Waals surface area contributed by atoms with Gasteiger partial charge in [-0.3, -0.25) is 4.79 Å². The Balaban J connectivity index is 2.41. The number of aromatic nitrogens is 2. The lowest BCUT2D eigenvalue weighted by Gasteiger charge is -2.08. The fraction of sp³-hybridized carbons (Fsp3) is 0.143. The summed E-state index contributed by atoms with van der Waals surface area (Å²) in [7, 11) is 0. The Hall–Kier alpha value is -2.36. The van der Waals surface area contributed by atoms with E-state index in [-0.39, 0.29) is 5.56 Å². The van der Waals surface area contributed by atoms with Crippen LogP contribution in [0.3, 0.4) is 0 Å². The predicted octanol–water partition coefficient (Wildman–Crippen LogP) is 2.68. The molecule has 0 saturated carbocycles. The van der Waals surface area contributed by atoms with E-state index in [1.807, 2.05) is 31.2 Å². The number of para-hydroxylation sites is 2. The Morgan fingerprint density at radius 1 is 1.22 bits per heavy atom. The molecular formula is C14H12N2O2. The van der Waals surface area contributed by atoms with Crippen molar-refractivity contribution in [3.63, 3.8) is 0 Å². The van der Waals surface area contributed by atoms with Crippen LogP contribution >= 0.6 is 0 Å². The summed E-state index contributed by atoms with van der Waals surface area (Å²) in [5.41, 5.74) is 1.89. The lowest BCUT2D eigenvalue weighted by Crippen LogP contribution is -2.22. The second-order valence-electron chi connectivity index (χ2n) is 3.98. The normalized spacial score (nSPS) is 10.9. The van der Waals surface area contributed by atoms with Crippen molar-refractivity contribution in [2.75, 3.05) is 0 Å². The number of aryl methyl sites for hydroxylation is 1. The Kier molecular flexibility index (Phi) is 2.48. The second-order valence-corrected chi connectivity index (χ2v) is 3.98. The van der Waals surface area contributed by atoms with E-state index in [1.165, 1.54) is 0 Å². The first-order valence-electron chi connectivity index (χ1n) is 5.84. The summed E-state index contributed by atoms with van der Waals surface area (Å²) in [5, 5.41) is 0. The van der Waals surface area contributed by atoms with Crippen LogP contribution in [0.5, 0.6) is 0 Å². The third-order valence-corrected chi connectivity index (χ3v) is 2.92. The first-order chi connectivity index (χ1) is 8.81. The third kappa shape index (κ3) is 1.54. The fourth-order valence-corrected chi connectivity index (χ4v) is 2.08. The monoisotopic (exact) mass is 240 g/mol. The van der Waals surface area contributed by atoms with Crippen LogP contribution in [0.1, 0.15) is 6.92 Å². The van der Waals surface area contributed by atoms with Gasteiger partial charge in [-0.25, -0.2) is 4.98 Å². The zero-order valence-corrected chi connectivity index (χ0v) is 9.96. The first kappa shape index (κ1) is 10.8. The van der Waals surface area contributed by atoms with Crippen LogP contribution in [0.4, 0.5) is 0 Å². The van der Waals surface area contributed by atoms with Crippen LogP contribution < -0.4 is 5.56 Å². The van der Waals surface area contributed by atoms with Gasteiger partial charge in [0, 0.05) is 6.54 Å². The van der Waals surface area contributed by atoms with E-state index in [0.717, 1.165) is 11.0 Å². The van der Waals surface area contributed by atoms with E-state index in [2.05, 4.69) is 4.98 Å². The Morgan fingerprint density at radius 2 is 2.06 bits per heavy atom. The summed E-state index contributed by atoms with van der Waals surface area (Å²) >= 11 is 0. The number of benzene rings is 1. The number of furan rings is 1. The van der Waals surface area contributed by atoms with Gasteiger partial charge < -0.3 is 8.98 Å². The molecule has 0 radical (unpaired) electrons. The maximum absolute atomic E-state index is 12.4. The van der Waals surface area contributed by atoms with Gasteiger partial charge in [0.1, 0.15) is 0 Å². The topological polar surface area (TPSA) is 48.0 Å². The predicted molar refractivity (Wildman–Crippen MR) is 69.4 cm³/mol. The molecule has 2 heterocycles. The van der Waals surface area contributed by atoms with E-state index in [0.29, 0.717) is 18.0 Å². The second kappa shape index (κ2) is 4.14. The lowest BCUT2D eigenvalue weighted by molar-refractivity contribution is 0.577. The lowest BCUT2D eigenvalue weighted by atomic mass is 10.2. The van der Waals surface area contributed by atoms with E-state index in [4.69, 9.17) is 4.42 Å². The van der Waals surface area contributed by atoms with Gasteiger partial charge in [-0.1, -0.05) is 12.1 Å². The molecule has 0 aliphatic heterocycles. The highest BCUT2D eigenvalue weighted by Gasteiger charge is 2.13. The van der Waals surface area contributed by atoms with Crippen molar-refractivity contribution in [1.29, 1.82) is 0 Å². The molecule has 2 aromatic heterocycles. The smallest absolute Gasteiger partial charge is 0.280 e. The summed E-state index contributed by atoms with van der Waals surface area (Å²) in [6, 6.07) is 11.1. The number of rotatable bonds is 2. The van der Waals surface area contributed by atoms with Gasteiger partial charge >= 0.3 is 0 Å². The summed E-state index contributed by atoms with van der Waals surface area (Å²) < 4.78 is 6.98. The van der Waals surface area contributed by atoms with Crippen molar-refractivity contribution in [3.05, 3.63) is 53.0 Å². The molecule has 4 nitrogen and oxygen atoms in total. The van der Waals surface area contributed by atoms with Gasteiger partial charge in [0.05, 0.1) is 17.3 Å². The summed E-state index contributed by atoms with van der Waals surface area (Å²) in [6.07, 6.45) is 1.54. The van der Waals surface area contributed by atoms with Crippen molar-refractivity contribution < 1.29 is 4.42 Å². The molecule has 0 bridgehead atoms. The highest BCUT2D eigenvalue weighted by molar-refractivity contribution is 5.77. The molecule has 0 fully saturated rings. The summed E-state index contributed by atoms with van der Waals surface area (Å²) in [4.78, 5) is 16.8. The largest absolute Gasteiger partial charge is 0.463 e. The van der Waals surface area contributed by atoms with Crippen LogP contribution in [-0.2, 0) is 6.54 Å². The molecule has 3 aromatic rings. The molecular weight excluding hydrogens is 228 g/mol. The van der Waals surface area contributed by atoms with E-state index in [9.17, 15) is 4.79 Å². The van der Waals surface area contributed by atoms with Gasteiger partial charge in [-0.15, -0.1) is 0 Å². The van der Waals surface area contributed by atoms with Crippen molar-refractivity contribution >= 4 is 11.0 Å². The Bertz CT molecular complexity index is 742. The molecule has 18 heavy (non-hydrogen) atoms. The minimum Gasteiger partial charge on any atom is -0.463 e. The van der Waals surface area contributed by atoms with Crippen molar-refractivity contribution in [1.82, 2.24) is 9.55 Å². The van der Waals surface area contributed by atoms with Gasteiger partial charge in [0.25, 0.3) is 5.56 Å². The number of hydrogen-bond acceptors (Lipinski definition) is 3. The van der Waals surface area contributed by atoms with Crippen LogP contribution in [0, 0.1) is 0 Å². The zero-order chi connectivity index (χ0) is 12.5. The molecule has 0 amide bonds. The third-order valence-electron chi connectivity index (χ3n) is 2.92. The molecule has 0 aliphatic carbocycles. The molecule has 3 rings (SSSR count). The number of nitrogens with zero attached hydrogens (tertiary/aromatic N) is 2. The van der Waals surface area contributed by atoms with Gasteiger partial charge in [0.15, 0.2) is 11.5 Å². The molecule has 90 valence electrons. The quantitative estimate of drug-likeness (QED) is 0.692. The maximum atomic E-state index is 12.4. The van der Waals surface area contributed by atoms with E-state index < -0.39 is 0 Å². The van der Waals surface area contributed by atoms with E-state index >= 15 is 0 Å². The van der Waals surface area contributed by atoms with Crippen molar-refractivity contribution in [2.24, 2.45) is 0 Å². The van der Waals surface area contributed by atoms with Gasteiger partial charge in [-0.05, 0) is 31.2 Å². The summed E-state index contributed by atoms with van der Waals surface area (Å²) in [5.74, 6) is 0.507. The van der Waals surface area contributed by atoms with Gasteiger partial charge in [0.2, 0.25) is 0 Å². The fourth-order valence-electron chi connectivity index (χ4n) is 2.08. The van der Waals surface area contributed by atoms with Gasteiger partial charge in [-0.2, -0.15) is 0 Å². The molecule has 0 unspecified atom stereocenters.